The number of carboxylic acids is 1. The summed E-state index contributed by atoms with van der Waals surface area (Å²) in [6.45, 7) is 0. The van der Waals surface area contributed by atoms with Crippen molar-refractivity contribution >= 4 is 47.7 Å². The molecule has 1 heterocycles. The lowest BCUT2D eigenvalue weighted by Crippen LogP contribution is -2.30. The van der Waals surface area contributed by atoms with Gasteiger partial charge in [0, 0.05) is 22.2 Å². The van der Waals surface area contributed by atoms with Gasteiger partial charge in [0.05, 0.1) is 30.4 Å². The molecule has 0 saturated heterocycles. The number of pyridine rings is 1. The molecule has 3 rings (SSSR count). The minimum absolute atomic E-state index is 0.114. The zero-order chi connectivity index (χ0) is 23.8. The lowest BCUT2D eigenvalue weighted by atomic mass is 9.80. The van der Waals surface area contributed by atoms with E-state index in [0.717, 1.165) is 0 Å². The first-order valence-electron chi connectivity index (χ1n) is 8.95. The van der Waals surface area contributed by atoms with E-state index in [4.69, 9.17) is 43.1 Å². The Labute approximate surface area is 194 Å². The van der Waals surface area contributed by atoms with Crippen molar-refractivity contribution in [2.75, 3.05) is 14.2 Å². The van der Waals surface area contributed by atoms with E-state index in [-0.39, 0.29) is 21.6 Å². The SMILES string of the molecule is COC(=O)c1ccc(B(O)O)c(Cl)c1.COc1cccnc1-c1ccc(C(=O)O)cc1Cl. The first-order chi connectivity index (χ1) is 15.2. The summed E-state index contributed by atoms with van der Waals surface area (Å²) in [6, 6.07) is 12.1. The van der Waals surface area contributed by atoms with Crippen LogP contribution in [0.15, 0.2) is 54.7 Å². The lowest BCUT2D eigenvalue weighted by molar-refractivity contribution is 0.0599. The molecule has 0 fully saturated rings. The highest BCUT2D eigenvalue weighted by Gasteiger charge is 2.17. The number of aromatic nitrogens is 1. The van der Waals surface area contributed by atoms with E-state index in [0.29, 0.717) is 22.0 Å². The molecule has 0 radical (unpaired) electrons. The minimum atomic E-state index is -1.64. The lowest BCUT2D eigenvalue weighted by Gasteiger charge is -2.09. The van der Waals surface area contributed by atoms with Crippen LogP contribution in [0.25, 0.3) is 11.3 Å². The van der Waals surface area contributed by atoms with E-state index in [1.165, 1.54) is 37.4 Å². The number of esters is 1. The number of carbonyl (C=O) groups excluding carboxylic acids is 1. The van der Waals surface area contributed by atoms with Crippen LogP contribution in [-0.4, -0.2) is 53.4 Å². The number of hydrogen-bond acceptors (Lipinski definition) is 7. The molecular weight excluding hydrogens is 460 g/mol. The molecule has 0 bridgehead atoms. The molecule has 0 amide bonds. The molecule has 3 N–H and O–H groups in total. The van der Waals surface area contributed by atoms with E-state index >= 15 is 0 Å². The van der Waals surface area contributed by atoms with Gasteiger partial charge in [-0.1, -0.05) is 35.3 Å². The van der Waals surface area contributed by atoms with Crippen molar-refractivity contribution in [3.05, 3.63) is 75.9 Å². The van der Waals surface area contributed by atoms with Gasteiger partial charge in [-0.05, 0) is 36.4 Å². The molecule has 8 nitrogen and oxygen atoms in total. The molecule has 0 saturated carbocycles. The van der Waals surface area contributed by atoms with Crippen LogP contribution in [0.1, 0.15) is 20.7 Å². The van der Waals surface area contributed by atoms with Crippen LogP contribution in [-0.2, 0) is 4.74 Å². The molecule has 0 atom stereocenters. The number of methoxy groups -OCH3 is 2. The van der Waals surface area contributed by atoms with Gasteiger partial charge in [0.1, 0.15) is 11.4 Å². The summed E-state index contributed by atoms with van der Waals surface area (Å²) in [7, 11) is 1.15. The standard InChI is InChI=1S/C13H10ClNO3.C8H8BClO4/c1-18-11-3-2-6-15-12(11)9-5-4-8(13(16)17)7-10(9)14;1-14-8(11)5-2-3-6(9(12)13)7(10)4-5/h2-7H,1H3,(H,16,17);2-4,12-13H,1H3. The van der Waals surface area contributed by atoms with Gasteiger partial charge in [0.15, 0.2) is 0 Å². The molecule has 11 heteroatoms. The van der Waals surface area contributed by atoms with Crippen molar-refractivity contribution in [3.63, 3.8) is 0 Å². The number of halogens is 2. The fraction of sp³-hybridized carbons (Fsp3) is 0.0952. The number of rotatable bonds is 5. The second-order valence-corrected chi connectivity index (χ2v) is 6.97. The topological polar surface area (TPSA) is 126 Å². The molecule has 166 valence electrons. The molecule has 3 aromatic rings. The van der Waals surface area contributed by atoms with Gasteiger partial charge >= 0.3 is 19.1 Å². The van der Waals surface area contributed by atoms with Crippen LogP contribution >= 0.6 is 23.2 Å². The average molecular weight is 478 g/mol. The Balaban J connectivity index is 0.000000235. The van der Waals surface area contributed by atoms with Crippen molar-refractivity contribution in [1.29, 1.82) is 0 Å². The average Bonchev–Trinajstić information content (AvgIpc) is 2.78. The summed E-state index contributed by atoms with van der Waals surface area (Å²) in [6.07, 6.45) is 1.62. The fourth-order valence-electron chi connectivity index (χ4n) is 2.58. The number of nitrogens with zero attached hydrogens (tertiary/aromatic N) is 1. The highest BCUT2D eigenvalue weighted by molar-refractivity contribution is 6.62. The summed E-state index contributed by atoms with van der Waals surface area (Å²) >= 11 is 11.8. The maximum Gasteiger partial charge on any atom is 0.489 e. The minimum Gasteiger partial charge on any atom is -0.494 e. The first-order valence-corrected chi connectivity index (χ1v) is 9.71. The Morgan fingerprint density at radius 2 is 1.62 bits per heavy atom. The number of hydrogen-bond donors (Lipinski definition) is 3. The highest BCUT2D eigenvalue weighted by Crippen LogP contribution is 2.33. The van der Waals surface area contributed by atoms with E-state index in [1.807, 2.05) is 0 Å². The van der Waals surface area contributed by atoms with Crippen LogP contribution in [0.3, 0.4) is 0 Å². The molecule has 0 spiro atoms. The van der Waals surface area contributed by atoms with E-state index in [1.54, 1.807) is 31.5 Å². The van der Waals surface area contributed by atoms with Crippen LogP contribution in [0.4, 0.5) is 0 Å². The van der Waals surface area contributed by atoms with Gasteiger partial charge in [-0.25, -0.2) is 9.59 Å². The zero-order valence-corrected chi connectivity index (χ0v) is 18.5. The van der Waals surface area contributed by atoms with Crippen molar-refractivity contribution in [2.24, 2.45) is 0 Å². The van der Waals surface area contributed by atoms with Crippen LogP contribution in [0.5, 0.6) is 5.75 Å². The highest BCUT2D eigenvalue weighted by atomic mass is 35.5. The number of carboxylic acid groups (broad SMARTS) is 1. The molecule has 0 aliphatic rings. The Morgan fingerprint density at radius 3 is 2.16 bits per heavy atom. The third-order valence-electron chi connectivity index (χ3n) is 4.16. The van der Waals surface area contributed by atoms with Crippen LogP contribution in [0, 0.1) is 0 Å². The number of benzene rings is 2. The third-order valence-corrected chi connectivity index (χ3v) is 4.80. The van der Waals surface area contributed by atoms with Crippen molar-refractivity contribution in [2.45, 2.75) is 0 Å². The van der Waals surface area contributed by atoms with E-state index < -0.39 is 19.1 Å². The molecule has 32 heavy (non-hydrogen) atoms. The number of ether oxygens (including phenoxy) is 2. The summed E-state index contributed by atoms with van der Waals surface area (Å²) in [5.41, 5.74) is 1.78. The number of carbonyl (C=O) groups is 2. The normalized spacial score (nSPS) is 9.94. The van der Waals surface area contributed by atoms with Gasteiger partial charge in [0.25, 0.3) is 0 Å². The van der Waals surface area contributed by atoms with Crippen molar-refractivity contribution in [3.8, 4) is 17.0 Å². The zero-order valence-electron chi connectivity index (χ0n) is 17.0. The van der Waals surface area contributed by atoms with Gasteiger partial charge in [-0.15, -0.1) is 0 Å². The first kappa shape index (κ1) is 25.2. The number of aromatic carboxylic acids is 1. The van der Waals surface area contributed by atoms with E-state index in [2.05, 4.69) is 9.72 Å². The van der Waals surface area contributed by atoms with Crippen molar-refractivity contribution < 1.29 is 34.2 Å². The predicted molar refractivity (Wildman–Crippen MR) is 121 cm³/mol. The molecular formula is C21H18BCl2NO7. The summed E-state index contributed by atoms with van der Waals surface area (Å²) in [5.74, 6) is -0.954. The quantitative estimate of drug-likeness (QED) is 0.378. The fourth-order valence-corrected chi connectivity index (χ4v) is 3.13. The Morgan fingerprint density at radius 1 is 0.969 bits per heavy atom. The second-order valence-electron chi connectivity index (χ2n) is 6.16. The van der Waals surface area contributed by atoms with Crippen LogP contribution < -0.4 is 10.2 Å². The molecule has 1 aromatic heterocycles. The Kier molecular flexibility index (Phi) is 9.04. The second kappa shape index (κ2) is 11.5. The summed E-state index contributed by atoms with van der Waals surface area (Å²) in [4.78, 5) is 26.1. The molecule has 0 aliphatic carbocycles. The molecule has 0 unspecified atom stereocenters. The van der Waals surface area contributed by atoms with Gasteiger partial charge in [0.2, 0.25) is 0 Å². The maximum atomic E-state index is 11.0. The predicted octanol–water partition coefficient (Wildman–Crippen LogP) is 2.92. The monoisotopic (exact) mass is 477 g/mol. The van der Waals surface area contributed by atoms with Gasteiger partial charge < -0.3 is 24.6 Å². The van der Waals surface area contributed by atoms with Gasteiger partial charge in [-0.3, -0.25) is 4.98 Å². The summed E-state index contributed by atoms with van der Waals surface area (Å²) < 4.78 is 9.66. The van der Waals surface area contributed by atoms with Crippen LogP contribution in [0.2, 0.25) is 10.0 Å². The Hall–Kier alpha value is -3.11. The smallest absolute Gasteiger partial charge is 0.489 e. The molecule has 2 aromatic carbocycles. The van der Waals surface area contributed by atoms with E-state index in [9.17, 15) is 9.59 Å². The Bertz CT molecular complexity index is 1130. The third kappa shape index (κ3) is 6.21. The summed E-state index contributed by atoms with van der Waals surface area (Å²) in [5, 5.41) is 27.0. The largest absolute Gasteiger partial charge is 0.494 e. The van der Waals surface area contributed by atoms with Gasteiger partial charge in [-0.2, -0.15) is 0 Å². The maximum absolute atomic E-state index is 11.0. The van der Waals surface area contributed by atoms with Crippen molar-refractivity contribution in [1.82, 2.24) is 4.98 Å². The molecule has 0 aliphatic heterocycles.